The van der Waals surface area contributed by atoms with Crippen molar-refractivity contribution in [1.82, 2.24) is 15.6 Å². The first-order chi connectivity index (χ1) is 12.5. The Kier molecular flexibility index (Phi) is 4.97. The van der Waals surface area contributed by atoms with Gasteiger partial charge in [0.15, 0.2) is 0 Å². The van der Waals surface area contributed by atoms with Gasteiger partial charge in [0, 0.05) is 29.6 Å². The van der Waals surface area contributed by atoms with Crippen LogP contribution in [-0.4, -0.2) is 29.9 Å². The molecule has 0 aliphatic carbocycles. The third-order valence-electron chi connectivity index (χ3n) is 3.99. The number of amides is 2. The molecular weight excluding hydrogens is 340 g/mol. The van der Waals surface area contributed by atoms with Crippen molar-refractivity contribution in [1.29, 1.82) is 0 Å². The van der Waals surface area contributed by atoms with E-state index in [1.807, 2.05) is 0 Å². The molecule has 0 bridgehead atoms. The average molecular weight is 357 g/mol. The fourth-order valence-electron chi connectivity index (χ4n) is 2.52. The molecule has 0 unspecified atom stereocenters. The summed E-state index contributed by atoms with van der Waals surface area (Å²) in [7, 11) is 0. The summed E-state index contributed by atoms with van der Waals surface area (Å²) < 4.78 is 27.1. The number of H-pyrrole nitrogens is 1. The zero-order chi connectivity index (χ0) is 18.7. The van der Waals surface area contributed by atoms with E-state index in [0.29, 0.717) is 16.5 Å². The monoisotopic (exact) mass is 357 g/mol. The number of hydrogen-bond acceptors (Lipinski definition) is 2. The topological polar surface area (TPSA) is 74.0 Å². The van der Waals surface area contributed by atoms with Gasteiger partial charge >= 0.3 is 0 Å². The van der Waals surface area contributed by atoms with Crippen LogP contribution in [0.1, 0.15) is 26.4 Å². The highest BCUT2D eigenvalue weighted by atomic mass is 19.1. The van der Waals surface area contributed by atoms with Gasteiger partial charge in [-0.1, -0.05) is 12.1 Å². The summed E-state index contributed by atoms with van der Waals surface area (Å²) in [6.45, 7) is 1.97. The molecule has 0 saturated carbocycles. The average Bonchev–Trinajstić information content (AvgIpc) is 3.06. The Hall–Kier alpha value is -3.22. The minimum atomic E-state index is -0.447. The highest BCUT2D eigenvalue weighted by Gasteiger charge is 2.12. The Morgan fingerprint density at radius 1 is 0.962 bits per heavy atom. The van der Waals surface area contributed by atoms with Crippen molar-refractivity contribution in [2.24, 2.45) is 0 Å². The van der Waals surface area contributed by atoms with E-state index in [0.717, 1.165) is 0 Å². The summed E-state index contributed by atoms with van der Waals surface area (Å²) in [5, 5.41) is 5.56. The fourth-order valence-corrected chi connectivity index (χ4v) is 2.52. The quantitative estimate of drug-likeness (QED) is 0.614. The van der Waals surface area contributed by atoms with Gasteiger partial charge < -0.3 is 15.6 Å². The summed E-state index contributed by atoms with van der Waals surface area (Å²) in [5.41, 5.74) is 1.44. The summed E-state index contributed by atoms with van der Waals surface area (Å²) in [4.78, 5) is 26.9. The number of carbonyl (C=O) groups is 2. The molecule has 3 rings (SSSR count). The van der Waals surface area contributed by atoms with Crippen LogP contribution in [0.3, 0.4) is 0 Å². The number of carbonyl (C=O) groups excluding carboxylic acids is 2. The molecule has 2 amide bonds. The number of aromatic nitrogens is 1. The number of halogens is 2. The van der Waals surface area contributed by atoms with Gasteiger partial charge in [0.05, 0.1) is 0 Å². The fraction of sp³-hybridized carbons (Fsp3) is 0.158. The third kappa shape index (κ3) is 3.72. The highest BCUT2D eigenvalue weighted by Crippen LogP contribution is 2.18. The molecule has 0 saturated heterocycles. The van der Waals surface area contributed by atoms with Crippen molar-refractivity contribution in [3.8, 4) is 0 Å². The van der Waals surface area contributed by atoms with Gasteiger partial charge in [-0.15, -0.1) is 0 Å². The van der Waals surface area contributed by atoms with E-state index >= 15 is 0 Å². The van der Waals surface area contributed by atoms with Crippen molar-refractivity contribution in [2.45, 2.75) is 6.92 Å². The minimum absolute atomic E-state index is 0.175. The summed E-state index contributed by atoms with van der Waals surface area (Å²) >= 11 is 0. The van der Waals surface area contributed by atoms with Crippen LogP contribution in [0.15, 0.2) is 42.5 Å². The number of aromatic amines is 1. The highest BCUT2D eigenvalue weighted by molar-refractivity contribution is 5.98. The van der Waals surface area contributed by atoms with Crippen LogP contribution in [0.25, 0.3) is 10.9 Å². The SMILES string of the molecule is Cc1ccc(C(=O)NCCNC(=O)c2cc3c(F)cccc3[nH]2)cc1F. The van der Waals surface area contributed by atoms with Gasteiger partial charge in [-0.3, -0.25) is 9.59 Å². The maximum absolute atomic E-state index is 13.6. The van der Waals surface area contributed by atoms with Crippen LogP contribution in [0.2, 0.25) is 0 Å². The Morgan fingerprint density at radius 3 is 2.38 bits per heavy atom. The number of rotatable bonds is 5. The molecule has 5 nitrogen and oxygen atoms in total. The maximum Gasteiger partial charge on any atom is 0.267 e. The van der Waals surface area contributed by atoms with Gasteiger partial charge in [-0.25, -0.2) is 8.78 Å². The predicted octanol–water partition coefficient (Wildman–Crippen LogP) is 2.91. The standard InChI is InChI=1S/C19H17F2N3O2/c1-11-5-6-12(9-15(11)21)18(25)22-7-8-23-19(26)17-10-13-14(20)3-2-4-16(13)24-17/h2-6,9-10,24H,7-8H2,1H3,(H,22,25)(H,23,26). The Balaban J connectivity index is 1.52. The molecule has 0 radical (unpaired) electrons. The molecule has 134 valence electrons. The molecule has 3 aromatic rings. The molecule has 26 heavy (non-hydrogen) atoms. The molecule has 0 spiro atoms. The van der Waals surface area contributed by atoms with E-state index in [9.17, 15) is 18.4 Å². The van der Waals surface area contributed by atoms with Crippen molar-refractivity contribution in [3.63, 3.8) is 0 Å². The number of nitrogens with one attached hydrogen (secondary N) is 3. The second-order valence-corrected chi connectivity index (χ2v) is 5.86. The van der Waals surface area contributed by atoms with Gasteiger partial charge in [-0.2, -0.15) is 0 Å². The Labute approximate surface area is 148 Å². The zero-order valence-corrected chi connectivity index (χ0v) is 14.0. The summed E-state index contributed by atoms with van der Waals surface area (Å²) in [6.07, 6.45) is 0. The van der Waals surface area contributed by atoms with Crippen LogP contribution < -0.4 is 10.6 Å². The van der Waals surface area contributed by atoms with Gasteiger partial charge in [-0.05, 0) is 42.8 Å². The summed E-state index contributed by atoms with van der Waals surface area (Å²) in [6, 6.07) is 10.2. The predicted molar refractivity (Wildman–Crippen MR) is 94.1 cm³/mol. The molecule has 1 heterocycles. The molecule has 1 aromatic heterocycles. The smallest absolute Gasteiger partial charge is 0.267 e. The van der Waals surface area contributed by atoms with Gasteiger partial charge in [0.25, 0.3) is 11.8 Å². The van der Waals surface area contributed by atoms with Crippen molar-refractivity contribution >= 4 is 22.7 Å². The van der Waals surface area contributed by atoms with Gasteiger partial charge in [0.1, 0.15) is 17.3 Å². The minimum Gasteiger partial charge on any atom is -0.350 e. The lowest BCUT2D eigenvalue weighted by Gasteiger charge is -2.07. The normalized spacial score (nSPS) is 10.7. The molecule has 3 N–H and O–H groups in total. The number of aryl methyl sites for hydroxylation is 1. The number of hydrogen-bond donors (Lipinski definition) is 3. The molecule has 0 aliphatic heterocycles. The van der Waals surface area contributed by atoms with E-state index in [-0.39, 0.29) is 24.3 Å². The van der Waals surface area contributed by atoms with Crippen LogP contribution in [-0.2, 0) is 0 Å². The van der Waals surface area contributed by atoms with Crippen molar-refractivity contribution < 1.29 is 18.4 Å². The van der Waals surface area contributed by atoms with E-state index in [1.54, 1.807) is 19.1 Å². The third-order valence-corrected chi connectivity index (χ3v) is 3.99. The molecule has 0 fully saturated rings. The van der Waals surface area contributed by atoms with Crippen LogP contribution in [0.5, 0.6) is 0 Å². The van der Waals surface area contributed by atoms with E-state index in [4.69, 9.17) is 0 Å². The molecule has 2 aromatic carbocycles. The molecule has 0 atom stereocenters. The molecular formula is C19H17F2N3O2. The van der Waals surface area contributed by atoms with Crippen LogP contribution in [0, 0.1) is 18.6 Å². The second kappa shape index (κ2) is 7.35. The van der Waals surface area contributed by atoms with Crippen molar-refractivity contribution in [2.75, 3.05) is 13.1 Å². The largest absolute Gasteiger partial charge is 0.350 e. The first kappa shape index (κ1) is 17.6. The van der Waals surface area contributed by atoms with E-state index < -0.39 is 23.4 Å². The van der Waals surface area contributed by atoms with E-state index in [2.05, 4.69) is 15.6 Å². The maximum atomic E-state index is 13.6. The zero-order valence-electron chi connectivity index (χ0n) is 14.0. The lowest BCUT2D eigenvalue weighted by molar-refractivity contribution is 0.0925. The van der Waals surface area contributed by atoms with E-state index in [1.165, 1.54) is 30.3 Å². The number of benzene rings is 2. The molecule has 0 aliphatic rings. The Bertz CT molecular complexity index is 982. The lowest BCUT2D eigenvalue weighted by atomic mass is 10.1. The first-order valence-corrected chi connectivity index (χ1v) is 8.05. The summed E-state index contributed by atoms with van der Waals surface area (Å²) in [5.74, 6) is -1.69. The Morgan fingerprint density at radius 2 is 1.69 bits per heavy atom. The lowest BCUT2D eigenvalue weighted by Crippen LogP contribution is -2.34. The van der Waals surface area contributed by atoms with Crippen LogP contribution in [0.4, 0.5) is 8.78 Å². The second-order valence-electron chi connectivity index (χ2n) is 5.86. The van der Waals surface area contributed by atoms with Gasteiger partial charge in [0.2, 0.25) is 0 Å². The number of fused-ring (bicyclic) bond motifs is 1. The van der Waals surface area contributed by atoms with Crippen molar-refractivity contribution in [3.05, 3.63) is 70.9 Å². The van der Waals surface area contributed by atoms with Crippen LogP contribution >= 0.6 is 0 Å². The molecule has 7 heteroatoms. The first-order valence-electron chi connectivity index (χ1n) is 8.05.